The van der Waals surface area contributed by atoms with E-state index in [1.807, 2.05) is 0 Å². The maximum atomic E-state index is 12.5. The molecular formula is C18H22N2O7. The van der Waals surface area contributed by atoms with Crippen LogP contribution in [-0.4, -0.2) is 63.7 Å². The van der Waals surface area contributed by atoms with Gasteiger partial charge in [-0.25, -0.2) is 19.4 Å². The molecule has 0 radical (unpaired) electrons. The number of carbonyl (C=O) groups excluding carboxylic acids is 4. The Kier molecular flexibility index (Phi) is 6.17. The Labute approximate surface area is 156 Å². The molecule has 27 heavy (non-hydrogen) atoms. The molecule has 1 heterocycles. The summed E-state index contributed by atoms with van der Waals surface area (Å²) in [6.07, 6.45) is -2.09. The van der Waals surface area contributed by atoms with E-state index in [2.05, 4.69) is 0 Å². The van der Waals surface area contributed by atoms with E-state index in [0.29, 0.717) is 15.4 Å². The summed E-state index contributed by atoms with van der Waals surface area (Å²) in [4.78, 5) is 50.4. The molecule has 1 unspecified atom stereocenters. The fourth-order valence-electron chi connectivity index (χ4n) is 2.40. The minimum atomic E-state index is -1.55. The molecule has 1 atom stereocenters. The normalized spacial score (nSPS) is 17.7. The summed E-state index contributed by atoms with van der Waals surface area (Å²) in [5, 5.41) is 9.51. The summed E-state index contributed by atoms with van der Waals surface area (Å²) < 4.78 is 10.2. The average Bonchev–Trinajstić information content (AvgIpc) is 2.60. The predicted octanol–water partition coefficient (Wildman–Crippen LogP) is 1.29. The van der Waals surface area contributed by atoms with Crippen LogP contribution >= 0.6 is 0 Å². The van der Waals surface area contributed by atoms with E-state index in [1.165, 1.54) is 0 Å². The molecular weight excluding hydrogens is 356 g/mol. The third kappa shape index (κ3) is 5.04. The second-order valence-electron chi connectivity index (χ2n) is 6.91. The van der Waals surface area contributed by atoms with E-state index < -0.39 is 48.8 Å². The third-order valence-electron chi connectivity index (χ3n) is 3.61. The van der Waals surface area contributed by atoms with Crippen LogP contribution in [0.3, 0.4) is 0 Å². The van der Waals surface area contributed by atoms with Gasteiger partial charge in [-0.15, -0.1) is 0 Å². The zero-order valence-electron chi connectivity index (χ0n) is 15.4. The number of aliphatic hydroxyl groups excluding tert-OH is 1. The number of hydrogen-bond acceptors (Lipinski definition) is 7. The molecule has 1 saturated heterocycles. The van der Waals surface area contributed by atoms with Crippen molar-refractivity contribution in [3.63, 3.8) is 0 Å². The number of rotatable bonds is 3. The number of hydrogen-bond donors (Lipinski definition) is 1. The Bertz CT molecular complexity index is 727. The van der Waals surface area contributed by atoms with E-state index in [4.69, 9.17) is 9.47 Å². The van der Waals surface area contributed by atoms with Crippen LogP contribution in [0.5, 0.6) is 0 Å². The maximum absolute atomic E-state index is 12.5. The van der Waals surface area contributed by atoms with Gasteiger partial charge in [0.05, 0.1) is 6.61 Å². The van der Waals surface area contributed by atoms with Crippen molar-refractivity contribution in [1.82, 2.24) is 9.80 Å². The largest absolute Gasteiger partial charge is 0.444 e. The molecule has 4 amide bonds. The molecule has 9 nitrogen and oxygen atoms in total. The highest BCUT2D eigenvalue weighted by atomic mass is 16.6. The molecule has 1 aliphatic rings. The first-order chi connectivity index (χ1) is 12.6. The van der Waals surface area contributed by atoms with Crippen LogP contribution in [0.4, 0.5) is 9.59 Å². The zero-order valence-corrected chi connectivity index (χ0v) is 15.4. The molecule has 146 valence electrons. The average molecular weight is 378 g/mol. The number of carbonyl (C=O) groups is 4. The molecule has 0 saturated carbocycles. The van der Waals surface area contributed by atoms with Crippen LogP contribution in [0.2, 0.25) is 0 Å². The van der Waals surface area contributed by atoms with Crippen molar-refractivity contribution < 1.29 is 33.8 Å². The van der Waals surface area contributed by atoms with Crippen LogP contribution in [0.15, 0.2) is 30.3 Å². The van der Waals surface area contributed by atoms with E-state index in [-0.39, 0.29) is 6.61 Å². The molecule has 1 aliphatic heterocycles. The van der Waals surface area contributed by atoms with Crippen LogP contribution in [0.1, 0.15) is 26.3 Å². The number of ether oxygens (including phenoxy) is 2. The Balaban J connectivity index is 2.10. The van der Waals surface area contributed by atoms with E-state index in [9.17, 15) is 24.3 Å². The van der Waals surface area contributed by atoms with Crippen molar-refractivity contribution in [2.24, 2.45) is 0 Å². The zero-order chi connectivity index (χ0) is 20.2. The summed E-state index contributed by atoms with van der Waals surface area (Å²) in [6.45, 7) is 3.20. The Morgan fingerprint density at radius 2 is 1.78 bits per heavy atom. The van der Waals surface area contributed by atoms with E-state index >= 15 is 0 Å². The van der Waals surface area contributed by atoms with Gasteiger partial charge in [-0.2, -0.15) is 0 Å². The number of amides is 4. The van der Waals surface area contributed by atoms with Gasteiger partial charge in [0.2, 0.25) is 0 Å². The summed E-state index contributed by atoms with van der Waals surface area (Å²) in [6, 6.07) is 7.21. The van der Waals surface area contributed by atoms with Crippen molar-refractivity contribution in [3.05, 3.63) is 35.9 Å². The lowest BCUT2D eigenvalue weighted by atomic mass is 10.1. The van der Waals surface area contributed by atoms with Gasteiger partial charge in [-0.3, -0.25) is 9.59 Å². The van der Waals surface area contributed by atoms with Crippen molar-refractivity contribution >= 4 is 24.0 Å². The highest BCUT2D eigenvalue weighted by molar-refractivity contribution is 6.08. The molecule has 0 bridgehead atoms. The third-order valence-corrected chi connectivity index (χ3v) is 3.61. The lowest BCUT2D eigenvalue weighted by Gasteiger charge is -2.36. The van der Waals surface area contributed by atoms with Gasteiger partial charge in [0.25, 0.3) is 11.8 Å². The Morgan fingerprint density at radius 1 is 1.15 bits per heavy atom. The second kappa shape index (κ2) is 8.17. The number of aliphatic hydroxyl groups is 1. The Morgan fingerprint density at radius 3 is 2.33 bits per heavy atom. The second-order valence-corrected chi connectivity index (χ2v) is 6.91. The quantitative estimate of drug-likeness (QED) is 0.843. The van der Waals surface area contributed by atoms with Crippen molar-refractivity contribution in [3.8, 4) is 0 Å². The molecule has 1 aromatic carbocycles. The molecule has 9 heteroatoms. The predicted molar refractivity (Wildman–Crippen MR) is 92.3 cm³/mol. The lowest BCUT2D eigenvalue weighted by molar-refractivity contribution is -0.154. The summed E-state index contributed by atoms with van der Waals surface area (Å²) in [7, 11) is 0. The minimum absolute atomic E-state index is 0.106. The van der Waals surface area contributed by atoms with E-state index in [0.717, 1.165) is 0 Å². The fraction of sp³-hybridized carbons (Fsp3) is 0.444. The van der Waals surface area contributed by atoms with E-state index in [1.54, 1.807) is 51.1 Å². The van der Waals surface area contributed by atoms with Gasteiger partial charge >= 0.3 is 12.2 Å². The number of benzene rings is 1. The monoisotopic (exact) mass is 378 g/mol. The van der Waals surface area contributed by atoms with Crippen LogP contribution < -0.4 is 0 Å². The van der Waals surface area contributed by atoms with Gasteiger partial charge in [0.15, 0.2) is 0 Å². The summed E-state index contributed by atoms with van der Waals surface area (Å²) in [5.41, 5.74) is -0.182. The SMILES string of the molecule is CC(C)(C)OC(=O)N1CC(=O)N(C(=O)OCc2ccccc2)C(CO)C1=O. The molecule has 0 aromatic heterocycles. The van der Waals surface area contributed by atoms with Crippen LogP contribution in [0, 0.1) is 0 Å². The molecule has 1 aromatic rings. The molecule has 2 rings (SSSR count). The first-order valence-electron chi connectivity index (χ1n) is 8.32. The van der Waals surface area contributed by atoms with Crippen molar-refractivity contribution in [2.45, 2.75) is 39.0 Å². The molecule has 1 fully saturated rings. The molecule has 0 spiro atoms. The standard InChI is InChI=1S/C18H22N2O7/c1-18(2,3)27-16(24)19-9-14(22)20(13(10-21)15(19)23)17(25)26-11-12-7-5-4-6-8-12/h4-8,13,21H,9-11H2,1-3H3. The first-order valence-corrected chi connectivity index (χ1v) is 8.32. The number of piperazine rings is 1. The van der Waals surface area contributed by atoms with Crippen LogP contribution in [0.25, 0.3) is 0 Å². The van der Waals surface area contributed by atoms with Gasteiger partial charge in [-0.1, -0.05) is 30.3 Å². The Hall–Kier alpha value is -2.94. The molecule has 0 aliphatic carbocycles. The highest BCUT2D eigenvalue weighted by Gasteiger charge is 2.46. The van der Waals surface area contributed by atoms with Gasteiger partial charge < -0.3 is 14.6 Å². The molecule has 1 N–H and O–H groups in total. The van der Waals surface area contributed by atoms with Gasteiger partial charge in [0.1, 0.15) is 24.8 Å². The fourth-order valence-corrected chi connectivity index (χ4v) is 2.40. The topological polar surface area (TPSA) is 113 Å². The summed E-state index contributed by atoms with van der Waals surface area (Å²) in [5.74, 6) is -1.76. The maximum Gasteiger partial charge on any atom is 0.417 e. The summed E-state index contributed by atoms with van der Waals surface area (Å²) >= 11 is 0. The van der Waals surface area contributed by atoms with Crippen molar-refractivity contribution in [1.29, 1.82) is 0 Å². The number of nitrogens with zero attached hydrogens (tertiary/aromatic N) is 2. The number of imide groups is 2. The van der Waals surface area contributed by atoms with Gasteiger partial charge in [-0.05, 0) is 26.3 Å². The lowest BCUT2D eigenvalue weighted by Crippen LogP contribution is -2.64. The minimum Gasteiger partial charge on any atom is -0.444 e. The first kappa shape index (κ1) is 20.4. The van der Waals surface area contributed by atoms with Gasteiger partial charge in [0, 0.05) is 0 Å². The smallest absolute Gasteiger partial charge is 0.417 e. The highest BCUT2D eigenvalue weighted by Crippen LogP contribution is 2.18. The van der Waals surface area contributed by atoms with Crippen molar-refractivity contribution in [2.75, 3.05) is 13.2 Å². The van der Waals surface area contributed by atoms with Crippen LogP contribution in [-0.2, 0) is 25.7 Å².